The average Bonchev–Trinajstić information content (AvgIpc) is 0.834. The van der Waals surface area contributed by atoms with Gasteiger partial charge in [0, 0.05) is 6.42 Å². The quantitative estimate of drug-likeness (QED) is 0.0199. The van der Waals surface area contributed by atoms with Crippen molar-refractivity contribution in [1.29, 1.82) is 0 Å². The number of ether oxygens (including phenoxy) is 6. The van der Waals surface area contributed by atoms with Gasteiger partial charge in [-0.3, -0.25) is 4.79 Å². The van der Waals surface area contributed by atoms with Crippen LogP contribution in [0.15, 0.2) is 36.5 Å². The molecule has 12 N–H and O–H groups in total. The molecule has 0 aromatic heterocycles. The van der Waals surface area contributed by atoms with Gasteiger partial charge < -0.3 is 89.9 Å². The van der Waals surface area contributed by atoms with Gasteiger partial charge in [0.25, 0.3) is 0 Å². The summed E-state index contributed by atoms with van der Waals surface area (Å²) >= 11 is 0. The number of carbonyl (C=O) groups excluding carboxylic acids is 1. The second-order valence-corrected chi connectivity index (χ2v) is 27.5. The van der Waals surface area contributed by atoms with Crippen molar-refractivity contribution in [2.45, 2.75) is 407 Å². The molecule has 3 fully saturated rings. The van der Waals surface area contributed by atoms with Crippen LogP contribution in [0, 0.1) is 0 Å². The smallest absolute Gasteiger partial charge is 0.220 e. The Kier molecular flexibility index (Phi) is 52.0. The number of hydrogen-bond donors (Lipinski definition) is 12. The zero-order valence-corrected chi connectivity index (χ0v) is 58.7. The lowest BCUT2D eigenvalue weighted by Gasteiger charge is -2.48. The Balaban J connectivity index is 1.22. The number of allylic oxidation sites excluding steroid dienone is 5. The lowest BCUT2D eigenvalue weighted by molar-refractivity contribution is -0.379. The van der Waals surface area contributed by atoms with E-state index in [-0.39, 0.29) is 18.9 Å². The van der Waals surface area contributed by atoms with E-state index in [0.29, 0.717) is 6.42 Å². The molecule has 1 amide bonds. The third kappa shape index (κ3) is 37.4. The molecule has 3 heterocycles. The van der Waals surface area contributed by atoms with Crippen molar-refractivity contribution in [3.63, 3.8) is 0 Å². The van der Waals surface area contributed by atoms with Crippen LogP contribution in [0.1, 0.15) is 303 Å². The molecule has 0 aliphatic carbocycles. The molecule has 17 unspecified atom stereocenters. The minimum absolute atomic E-state index is 0.247. The van der Waals surface area contributed by atoms with Gasteiger partial charge in [-0.2, -0.15) is 0 Å². The van der Waals surface area contributed by atoms with E-state index in [9.17, 15) is 61.0 Å². The van der Waals surface area contributed by atoms with E-state index < -0.39 is 124 Å². The maximum absolute atomic E-state index is 13.3. The van der Waals surface area contributed by atoms with Gasteiger partial charge in [-0.1, -0.05) is 281 Å². The van der Waals surface area contributed by atoms with E-state index >= 15 is 0 Å². The largest absolute Gasteiger partial charge is 0.394 e. The molecular formula is C75H139NO18. The van der Waals surface area contributed by atoms with Crippen molar-refractivity contribution >= 4 is 5.91 Å². The molecule has 0 aromatic carbocycles. The van der Waals surface area contributed by atoms with Gasteiger partial charge in [-0.05, 0) is 51.4 Å². The predicted molar refractivity (Wildman–Crippen MR) is 369 cm³/mol. The van der Waals surface area contributed by atoms with Crippen molar-refractivity contribution in [2.75, 3.05) is 26.4 Å². The SMILES string of the molecule is CCCCCCC/C=C\C/C=C\CCCCCCCCCCCCCCCCCCCCCCCCCCCCCCCC(=O)NC(COC1OC(CO)C(OC2OC(CO)C(OC3OC(CO)C(O)C(O)C3O)C(O)C2O)C(O)C1O)C(O)/C=C/CCCCCCCC. The van der Waals surface area contributed by atoms with Crippen LogP contribution in [0.5, 0.6) is 0 Å². The third-order valence-electron chi connectivity index (χ3n) is 19.2. The van der Waals surface area contributed by atoms with Crippen LogP contribution >= 0.6 is 0 Å². The van der Waals surface area contributed by atoms with Crippen LogP contribution in [0.2, 0.25) is 0 Å². The maximum Gasteiger partial charge on any atom is 0.220 e. The van der Waals surface area contributed by atoms with Gasteiger partial charge in [0.2, 0.25) is 5.91 Å². The Morgan fingerprint density at radius 3 is 1.09 bits per heavy atom. The summed E-state index contributed by atoms with van der Waals surface area (Å²) in [6.45, 7) is 1.68. The number of hydrogen-bond acceptors (Lipinski definition) is 18. The van der Waals surface area contributed by atoms with Gasteiger partial charge in [0.15, 0.2) is 18.9 Å². The topological polar surface area (TPSA) is 307 Å². The lowest BCUT2D eigenvalue weighted by atomic mass is 9.96. The normalized spacial score (nSPS) is 27.5. The molecule has 0 aromatic rings. The molecule has 19 nitrogen and oxygen atoms in total. The summed E-state index contributed by atoms with van der Waals surface area (Å²) in [6.07, 6.45) is 42.2. The molecule has 3 aliphatic heterocycles. The lowest BCUT2D eigenvalue weighted by Crippen LogP contribution is -2.66. The zero-order chi connectivity index (χ0) is 68.2. The summed E-state index contributed by atoms with van der Waals surface area (Å²) in [5.41, 5.74) is 0. The highest BCUT2D eigenvalue weighted by molar-refractivity contribution is 5.76. The zero-order valence-electron chi connectivity index (χ0n) is 58.7. The number of carbonyl (C=O) groups is 1. The van der Waals surface area contributed by atoms with Crippen molar-refractivity contribution in [3.05, 3.63) is 36.5 Å². The predicted octanol–water partition coefficient (Wildman–Crippen LogP) is 11.6. The molecule has 552 valence electrons. The summed E-state index contributed by atoms with van der Waals surface area (Å²) in [5.74, 6) is -0.274. The maximum atomic E-state index is 13.3. The third-order valence-corrected chi connectivity index (χ3v) is 19.2. The van der Waals surface area contributed by atoms with Crippen LogP contribution in [-0.2, 0) is 33.2 Å². The fourth-order valence-electron chi connectivity index (χ4n) is 13.0. The molecule has 0 spiro atoms. The second kappa shape index (κ2) is 56.7. The minimum atomic E-state index is -1.98. The van der Waals surface area contributed by atoms with Crippen LogP contribution in [-0.4, -0.2) is 193 Å². The molecule has 0 bridgehead atoms. The van der Waals surface area contributed by atoms with Crippen molar-refractivity contribution in [3.8, 4) is 0 Å². The average molecular weight is 1340 g/mol. The Labute approximate surface area is 568 Å². The molecule has 3 rings (SSSR count). The highest BCUT2D eigenvalue weighted by Gasteiger charge is 2.53. The molecular weight excluding hydrogens is 1200 g/mol. The molecule has 3 aliphatic rings. The number of aliphatic hydroxyl groups excluding tert-OH is 11. The first-order chi connectivity index (χ1) is 45.8. The fourth-order valence-corrected chi connectivity index (χ4v) is 13.0. The molecule has 17 atom stereocenters. The van der Waals surface area contributed by atoms with Crippen molar-refractivity contribution in [1.82, 2.24) is 5.32 Å². The summed E-state index contributed by atoms with van der Waals surface area (Å²) in [4.78, 5) is 13.3. The Morgan fingerprint density at radius 2 is 0.702 bits per heavy atom. The van der Waals surface area contributed by atoms with Crippen LogP contribution < -0.4 is 5.32 Å². The molecule has 0 saturated carbocycles. The molecule has 0 radical (unpaired) electrons. The van der Waals surface area contributed by atoms with Crippen LogP contribution in [0.3, 0.4) is 0 Å². The van der Waals surface area contributed by atoms with E-state index in [4.69, 9.17) is 28.4 Å². The number of unbranched alkanes of at least 4 members (excludes halogenated alkanes) is 40. The van der Waals surface area contributed by atoms with Gasteiger partial charge in [0.05, 0.1) is 38.6 Å². The molecule has 19 heteroatoms. The Morgan fingerprint density at radius 1 is 0.383 bits per heavy atom. The summed E-state index contributed by atoms with van der Waals surface area (Å²) in [5, 5.41) is 120. The van der Waals surface area contributed by atoms with Crippen molar-refractivity contribution < 1.29 is 89.4 Å². The Bertz CT molecular complexity index is 1840. The number of nitrogens with one attached hydrogen (secondary N) is 1. The number of amides is 1. The Hall–Kier alpha value is -1.99. The van der Waals surface area contributed by atoms with Crippen LogP contribution in [0.25, 0.3) is 0 Å². The first kappa shape index (κ1) is 86.2. The van der Waals surface area contributed by atoms with Crippen LogP contribution in [0.4, 0.5) is 0 Å². The monoisotopic (exact) mass is 1340 g/mol. The second-order valence-electron chi connectivity index (χ2n) is 27.5. The number of aliphatic hydroxyl groups is 11. The highest BCUT2D eigenvalue weighted by Crippen LogP contribution is 2.33. The highest BCUT2D eigenvalue weighted by atomic mass is 16.8. The van der Waals surface area contributed by atoms with Gasteiger partial charge in [0.1, 0.15) is 73.2 Å². The number of rotatable bonds is 60. The van der Waals surface area contributed by atoms with Gasteiger partial charge in [-0.25, -0.2) is 0 Å². The minimum Gasteiger partial charge on any atom is -0.394 e. The summed E-state index contributed by atoms with van der Waals surface area (Å²) in [6, 6.07) is -0.968. The fraction of sp³-hybridized carbons (Fsp3) is 0.907. The first-order valence-corrected chi connectivity index (χ1v) is 38.2. The molecule has 94 heavy (non-hydrogen) atoms. The van der Waals surface area contributed by atoms with Crippen molar-refractivity contribution in [2.24, 2.45) is 0 Å². The van der Waals surface area contributed by atoms with E-state index in [1.54, 1.807) is 6.08 Å². The molecule has 3 saturated heterocycles. The van der Waals surface area contributed by atoms with Gasteiger partial charge in [-0.15, -0.1) is 0 Å². The first-order valence-electron chi connectivity index (χ1n) is 38.2. The van der Waals surface area contributed by atoms with E-state index in [2.05, 4.69) is 43.5 Å². The van der Waals surface area contributed by atoms with E-state index in [1.807, 2.05) is 6.08 Å². The van der Waals surface area contributed by atoms with E-state index in [1.165, 1.54) is 218 Å². The summed E-state index contributed by atoms with van der Waals surface area (Å²) in [7, 11) is 0. The standard InChI is InChI=1S/C75H139NO18/c1-3-5-7-9-11-13-14-15-16-17-18-19-20-21-22-23-24-25-26-27-28-29-30-31-32-33-34-35-36-37-38-39-40-41-42-43-44-45-47-49-51-53-63(81)76-58(59(80)52-50-48-46-12-10-8-6-4-2)57-89-73-69(87)66(84)71(61(55-78)91-73)94-75-70(88)67(85)72(62(56-79)92-75)93-74-68(86)65(83)64(82)60(54-77)90-74/h14-15,17-18,50,52,58-62,64-75,77-80,82-88H,3-13,16,19-49,51,53-57H2,1-2H3,(H,76,81)/b15-14-,18-17-,52-50+. The van der Waals surface area contributed by atoms with E-state index in [0.717, 1.165) is 57.8 Å². The summed E-state index contributed by atoms with van der Waals surface area (Å²) < 4.78 is 34.2. The van der Waals surface area contributed by atoms with Gasteiger partial charge >= 0.3 is 0 Å².